The van der Waals surface area contributed by atoms with Crippen molar-refractivity contribution >= 4 is 29.1 Å². The molecule has 1 unspecified atom stereocenters. The fourth-order valence-electron chi connectivity index (χ4n) is 2.10. The van der Waals surface area contributed by atoms with Crippen molar-refractivity contribution in [1.29, 1.82) is 5.26 Å². The molecule has 0 spiro atoms. The number of nitrogens with zero attached hydrogens (tertiary/aromatic N) is 4. The smallest absolute Gasteiger partial charge is 0.325 e. The number of ether oxygens (including phenoxy) is 2. The molecular formula is C16H16ClN5O3. The van der Waals surface area contributed by atoms with Crippen LogP contribution in [-0.4, -0.2) is 35.8 Å². The van der Waals surface area contributed by atoms with E-state index in [0.29, 0.717) is 23.1 Å². The molecule has 2 amide bonds. The number of amides is 2. The average Bonchev–Trinajstić information content (AvgIpc) is 2.58. The standard InChI is InChI=1S/C16H16ClN5O3/c1-10(9-24-2)25-14-4-3-11(17)5-13(14)22(16(19)23)15-8-20-12(6-18)7-21-15/h3-5,7-8,10H,9H2,1-2H3,(H2,19,23). The van der Waals surface area contributed by atoms with Gasteiger partial charge in [0.2, 0.25) is 0 Å². The molecule has 0 saturated heterocycles. The van der Waals surface area contributed by atoms with E-state index in [2.05, 4.69) is 9.97 Å². The zero-order valence-corrected chi connectivity index (χ0v) is 14.4. The highest BCUT2D eigenvalue weighted by Crippen LogP contribution is 2.35. The van der Waals surface area contributed by atoms with Gasteiger partial charge in [0.15, 0.2) is 11.5 Å². The molecule has 0 fully saturated rings. The third-order valence-corrected chi connectivity index (χ3v) is 3.33. The van der Waals surface area contributed by atoms with Crippen molar-refractivity contribution in [3.8, 4) is 11.8 Å². The molecule has 0 saturated carbocycles. The van der Waals surface area contributed by atoms with Crippen LogP contribution >= 0.6 is 11.6 Å². The van der Waals surface area contributed by atoms with Gasteiger partial charge in [0.1, 0.15) is 17.9 Å². The maximum Gasteiger partial charge on any atom is 0.325 e. The van der Waals surface area contributed by atoms with Gasteiger partial charge in [-0.25, -0.2) is 19.7 Å². The van der Waals surface area contributed by atoms with E-state index in [0.717, 1.165) is 4.90 Å². The Bertz CT molecular complexity index is 791. The lowest BCUT2D eigenvalue weighted by Gasteiger charge is -2.24. The van der Waals surface area contributed by atoms with Gasteiger partial charge in [-0.05, 0) is 25.1 Å². The summed E-state index contributed by atoms with van der Waals surface area (Å²) in [5.41, 5.74) is 5.93. The second kappa shape index (κ2) is 8.28. The number of aromatic nitrogens is 2. The van der Waals surface area contributed by atoms with Crippen LogP contribution in [0.2, 0.25) is 5.02 Å². The number of hydrogen-bond acceptors (Lipinski definition) is 6. The monoisotopic (exact) mass is 361 g/mol. The molecule has 9 heteroatoms. The van der Waals surface area contributed by atoms with Gasteiger partial charge in [0, 0.05) is 12.1 Å². The topological polar surface area (TPSA) is 114 Å². The summed E-state index contributed by atoms with van der Waals surface area (Å²) in [5, 5.41) is 9.20. The minimum absolute atomic E-state index is 0.115. The summed E-state index contributed by atoms with van der Waals surface area (Å²) in [6, 6.07) is 5.83. The number of rotatable bonds is 6. The first-order valence-electron chi connectivity index (χ1n) is 7.23. The summed E-state index contributed by atoms with van der Waals surface area (Å²) in [7, 11) is 1.56. The number of carbonyl (C=O) groups excluding carboxylic acids is 1. The van der Waals surface area contributed by atoms with Crippen LogP contribution in [0.25, 0.3) is 0 Å². The molecule has 2 aromatic rings. The SMILES string of the molecule is COCC(C)Oc1ccc(Cl)cc1N(C(N)=O)c1cnc(C#N)cn1. The normalized spacial score (nSPS) is 11.4. The number of urea groups is 1. The van der Waals surface area contributed by atoms with Gasteiger partial charge in [-0.2, -0.15) is 5.26 Å². The van der Waals surface area contributed by atoms with Crippen LogP contribution in [0.15, 0.2) is 30.6 Å². The minimum Gasteiger partial charge on any atom is -0.486 e. The number of hydrogen-bond donors (Lipinski definition) is 1. The Morgan fingerprint density at radius 1 is 1.44 bits per heavy atom. The first-order chi connectivity index (χ1) is 12.0. The van der Waals surface area contributed by atoms with E-state index >= 15 is 0 Å². The van der Waals surface area contributed by atoms with E-state index in [1.54, 1.807) is 19.2 Å². The quantitative estimate of drug-likeness (QED) is 0.845. The second-order valence-electron chi connectivity index (χ2n) is 5.04. The van der Waals surface area contributed by atoms with Gasteiger partial charge in [0.05, 0.1) is 24.7 Å². The fourth-order valence-corrected chi connectivity index (χ4v) is 2.27. The number of carbonyl (C=O) groups is 1. The van der Waals surface area contributed by atoms with E-state index in [-0.39, 0.29) is 17.6 Å². The van der Waals surface area contributed by atoms with Crippen LogP contribution in [0.1, 0.15) is 12.6 Å². The molecule has 8 nitrogen and oxygen atoms in total. The summed E-state index contributed by atoms with van der Waals surface area (Å²) >= 11 is 6.06. The zero-order chi connectivity index (χ0) is 18.4. The Morgan fingerprint density at radius 2 is 2.20 bits per heavy atom. The maximum atomic E-state index is 12.0. The molecule has 2 rings (SSSR count). The van der Waals surface area contributed by atoms with E-state index in [1.165, 1.54) is 18.5 Å². The zero-order valence-electron chi connectivity index (χ0n) is 13.6. The molecule has 1 aromatic carbocycles. The van der Waals surface area contributed by atoms with Crippen molar-refractivity contribution in [2.45, 2.75) is 13.0 Å². The third kappa shape index (κ3) is 4.56. The lowest BCUT2D eigenvalue weighted by atomic mass is 10.2. The highest BCUT2D eigenvalue weighted by Gasteiger charge is 2.22. The Balaban J connectivity index is 2.48. The van der Waals surface area contributed by atoms with Crippen molar-refractivity contribution in [1.82, 2.24) is 9.97 Å². The first-order valence-corrected chi connectivity index (χ1v) is 7.61. The van der Waals surface area contributed by atoms with Gasteiger partial charge in [0.25, 0.3) is 0 Å². The van der Waals surface area contributed by atoms with E-state index in [9.17, 15) is 4.79 Å². The molecule has 0 bridgehead atoms. The van der Waals surface area contributed by atoms with Crippen molar-refractivity contribution in [3.05, 3.63) is 41.3 Å². The third-order valence-electron chi connectivity index (χ3n) is 3.09. The highest BCUT2D eigenvalue weighted by molar-refractivity contribution is 6.31. The van der Waals surface area contributed by atoms with Crippen LogP contribution in [0, 0.1) is 11.3 Å². The average molecular weight is 362 g/mol. The minimum atomic E-state index is -0.800. The molecule has 0 radical (unpaired) electrons. The number of nitriles is 1. The molecule has 1 heterocycles. The Labute approximate surface area is 149 Å². The van der Waals surface area contributed by atoms with Gasteiger partial charge >= 0.3 is 6.03 Å². The number of benzene rings is 1. The lowest BCUT2D eigenvalue weighted by molar-refractivity contribution is 0.0924. The van der Waals surface area contributed by atoms with E-state index < -0.39 is 6.03 Å². The Morgan fingerprint density at radius 3 is 2.76 bits per heavy atom. The van der Waals surface area contributed by atoms with Crippen LogP contribution in [0.5, 0.6) is 5.75 Å². The summed E-state index contributed by atoms with van der Waals surface area (Å²) in [6.07, 6.45) is 2.24. The molecule has 0 aliphatic heterocycles. The molecule has 0 aliphatic carbocycles. The Hall–Kier alpha value is -2.89. The van der Waals surface area contributed by atoms with Gasteiger partial charge in [-0.15, -0.1) is 0 Å². The largest absolute Gasteiger partial charge is 0.486 e. The number of nitrogens with two attached hydrogens (primary N) is 1. The summed E-state index contributed by atoms with van der Waals surface area (Å²) in [5.74, 6) is 0.511. The fraction of sp³-hybridized carbons (Fsp3) is 0.250. The maximum absolute atomic E-state index is 12.0. The summed E-state index contributed by atoms with van der Waals surface area (Å²) in [4.78, 5) is 21.1. The molecule has 1 aromatic heterocycles. The van der Waals surface area contributed by atoms with E-state index in [4.69, 9.17) is 32.1 Å². The number of primary amides is 1. The number of anilines is 2. The van der Waals surface area contributed by atoms with Crippen LogP contribution < -0.4 is 15.4 Å². The predicted molar refractivity (Wildman–Crippen MR) is 91.9 cm³/mol. The van der Waals surface area contributed by atoms with Gasteiger partial charge in [-0.1, -0.05) is 11.6 Å². The molecule has 1 atom stereocenters. The predicted octanol–water partition coefficient (Wildman–Crippen LogP) is 2.63. The molecule has 25 heavy (non-hydrogen) atoms. The van der Waals surface area contributed by atoms with Crippen molar-refractivity contribution in [2.24, 2.45) is 5.73 Å². The summed E-state index contributed by atoms with van der Waals surface area (Å²) in [6.45, 7) is 2.17. The van der Waals surface area contributed by atoms with Crippen LogP contribution in [-0.2, 0) is 4.74 Å². The van der Waals surface area contributed by atoms with Crippen LogP contribution in [0.4, 0.5) is 16.3 Å². The Kier molecular flexibility index (Phi) is 6.11. The van der Waals surface area contributed by atoms with E-state index in [1.807, 2.05) is 13.0 Å². The number of halogens is 1. The van der Waals surface area contributed by atoms with Gasteiger partial charge < -0.3 is 15.2 Å². The van der Waals surface area contributed by atoms with Crippen molar-refractivity contribution in [2.75, 3.05) is 18.6 Å². The summed E-state index contributed by atoms with van der Waals surface area (Å²) < 4.78 is 10.9. The first kappa shape index (κ1) is 18.4. The lowest BCUT2D eigenvalue weighted by Crippen LogP contribution is -2.33. The second-order valence-corrected chi connectivity index (χ2v) is 5.48. The van der Waals surface area contributed by atoms with Gasteiger partial charge in [-0.3, -0.25) is 0 Å². The van der Waals surface area contributed by atoms with Crippen molar-refractivity contribution < 1.29 is 14.3 Å². The molecule has 0 aliphatic rings. The molecule has 2 N–H and O–H groups in total. The van der Waals surface area contributed by atoms with Crippen LogP contribution in [0.3, 0.4) is 0 Å². The van der Waals surface area contributed by atoms with Crippen molar-refractivity contribution in [3.63, 3.8) is 0 Å². The molecular weight excluding hydrogens is 346 g/mol. The highest BCUT2D eigenvalue weighted by atomic mass is 35.5. The molecule has 130 valence electrons. The number of methoxy groups -OCH3 is 1.